The van der Waals surface area contributed by atoms with Crippen molar-refractivity contribution < 1.29 is 28.4 Å². The molecule has 2 aromatic carbocycles. The highest BCUT2D eigenvalue weighted by molar-refractivity contribution is 5.48. The number of likely N-dealkylation sites (tertiary alicyclic amines) is 1. The van der Waals surface area contributed by atoms with Gasteiger partial charge in [0.15, 0.2) is 11.5 Å². The first-order chi connectivity index (χ1) is 17.1. The van der Waals surface area contributed by atoms with E-state index in [4.69, 9.17) is 25.4 Å². The predicted molar refractivity (Wildman–Crippen MR) is 133 cm³/mol. The lowest BCUT2D eigenvalue weighted by Gasteiger charge is -2.34. The number of ether oxygens (including phenoxy) is 4. The zero-order valence-electron chi connectivity index (χ0n) is 20.5. The number of terminal acetylenes is 1. The predicted octanol–water partition coefficient (Wildman–Crippen LogP) is 3.87. The molecule has 7 heteroatoms. The number of rotatable bonds is 14. The lowest BCUT2D eigenvalue weighted by Crippen LogP contribution is -2.36. The van der Waals surface area contributed by atoms with Gasteiger partial charge in [-0.25, -0.2) is 4.39 Å². The summed E-state index contributed by atoms with van der Waals surface area (Å²) in [5.41, 5.74) is 1.89. The SMILES string of the molecule is C#CCOCCOCCOc1cccc([C@H](O)C2CCN(CCc3ccc(F)cc3)CC2)c1OC. The Morgan fingerprint density at radius 2 is 1.77 bits per heavy atom. The van der Waals surface area contributed by atoms with Gasteiger partial charge in [-0.2, -0.15) is 0 Å². The van der Waals surface area contributed by atoms with Crippen LogP contribution in [0.3, 0.4) is 0 Å². The van der Waals surface area contributed by atoms with E-state index >= 15 is 0 Å². The van der Waals surface area contributed by atoms with Crippen LogP contribution in [0, 0.1) is 24.1 Å². The molecule has 1 heterocycles. The van der Waals surface area contributed by atoms with E-state index in [-0.39, 0.29) is 18.3 Å². The molecule has 1 saturated heterocycles. The van der Waals surface area contributed by atoms with Crippen LogP contribution in [0.25, 0.3) is 0 Å². The molecule has 1 aliphatic rings. The summed E-state index contributed by atoms with van der Waals surface area (Å²) in [4.78, 5) is 2.40. The molecule has 1 N–H and O–H groups in total. The van der Waals surface area contributed by atoms with Crippen LogP contribution in [0.5, 0.6) is 11.5 Å². The second-order valence-corrected chi connectivity index (χ2v) is 8.60. The number of para-hydroxylation sites is 1. The maximum absolute atomic E-state index is 13.1. The first-order valence-corrected chi connectivity index (χ1v) is 12.2. The number of methoxy groups -OCH3 is 1. The van der Waals surface area contributed by atoms with Gasteiger partial charge in [0.2, 0.25) is 0 Å². The van der Waals surface area contributed by atoms with Crippen LogP contribution in [-0.2, 0) is 15.9 Å². The minimum Gasteiger partial charge on any atom is -0.492 e. The quantitative estimate of drug-likeness (QED) is 0.324. The van der Waals surface area contributed by atoms with Crippen molar-refractivity contribution in [3.05, 3.63) is 59.4 Å². The van der Waals surface area contributed by atoms with Gasteiger partial charge in [-0.1, -0.05) is 30.2 Å². The van der Waals surface area contributed by atoms with Gasteiger partial charge < -0.3 is 29.0 Å². The van der Waals surface area contributed by atoms with Crippen LogP contribution < -0.4 is 9.47 Å². The molecule has 3 rings (SSSR count). The molecular formula is C28H36FNO5. The minimum absolute atomic E-state index is 0.146. The molecule has 0 bridgehead atoms. The second kappa shape index (κ2) is 14.7. The van der Waals surface area contributed by atoms with Crippen molar-refractivity contribution >= 4 is 0 Å². The van der Waals surface area contributed by atoms with Crippen molar-refractivity contribution in [1.82, 2.24) is 4.90 Å². The highest BCUT2D eigenvalue weighted by Crippen LogP contribution is 2.40. The minimum atomic E-state index is -0.627. The Bertz CT molecular complexity index is 922. The maximum Gasteiger partial charge on any atom is 0.166 e. The van der Waals surface area contributed by atoms with Gasteiger partial charge in [-0.15, -0.1) is 6.42 Å². The molecular weight excluding hydrogens is 449 g/mol. The molecule has 0 unspecified atom stereocenters. The van der Waals surface area contributed by atoms with E-state index in [2.05, 4.69) is 10.8 Å². The first-order valence-electron chi connectivity index (χ1n) is 12.2. The number of hydrogen-bond donors (Lipinski definition) is 1. The molecule has 0 aliphatic carbocycles. The Hall–Kier alpha value is -2.63. The Morgan fingerprint density at radius 3 is 2.49 bits per heavy atom. The van der Waals surface area contributed by atoms with Crippen LogP contribution >= 0.6 is 0 Å². The Labute approximate surface area is 207 Å². The summed E-state index contributed by atoms with van der Waals surface area (Å²) in [5.74, 6) is 3.51. The van der Waals surface area contributed by atoms with Crippen molar-refractivity contribution in [1.29, 1.82) is 0 Å². The lowest BCUT2D eigenvalue weighted by atomic mass is 9.87. The third kappa shape index (κ3) is 8.52. The number of hydrogen-bond acceptors (Lipinski definition) is 6. The van der Waals surface area contributed by atoms with Gasteiger partial charge in [0.05, 0.1) is 33.0 Å². The van der Waals surface area contributed by atoms with E-state index in [1.165, 1.54) is 12.1 Å². The van der Waals surface area contributed by atoms with Gasteiger partial charge in [0, 0.05) is 12.1 Å². The number of benzene rings is 2. The van der Waals surface area contributed by atoms with E-state index in [0.29, 0.717) is 37.9 Å². The molecule has 0 amide bonds. The van der Waals surface area contributed by atoms with E-state index in [0.717, 1.165) is 50.0 Å². The Morgan fingerprint density at radius 1 is 1.06 bits per heavy atom. The van der Waals surface area contributed by atoms with E-state index < -0.39 is 6.10 Å². The van der Waals surface area contributed by atoms with Crippen molar-refractivity contribution in [3.8, 4) is 23.8 Å². The number of halogens is 1. The first kappa shape index (κ1) is 27.0. The molecule has 0 saturated carbocycles. The topological polar surface area (TPSA) is 60.4 Å². The van der Waals surface area contributed by atoms with E-state index in [1.807, 2.05) is 30.3 Å². The van der Waals surface area contributed by atoms with Crippen LogP contribution in [0.15, 0.2) is 42.5 Å². The van der Waals surface area contributed by atoms with E-state index in [9.17, 15) is 9.50 Å². The third-order valence-electron chi connectivity index (χ3n) is 6.28. The molecule has 0 aromatic heterocycles. The molecule has 0 spiro atoms. The molecule has 1 fully saturated rings. The fourth-order valence-electron chi connectivity index (χ4n) is 4.34. The van der Waals surface area contributed by atoms with Crippen molar-refractivity contribution in [2.45, 2.75) is 25.4 Å². The molecule has 1 aliphatic heterocycles. The van der Waals surface area contributed by atoms with Gasteiger partial charge in [0.1, 0.15) is 19.0 Å². The third-order valence-corrected chi connectivity index (χ3v) is 6.28. The average Bonchev–Trinajstić information content (AvgIpc) is 2.89. The van der Waals surface area contributed by atoms with Crippen LogP contribution in [0.2, 0.25) is 0 Å². The summed E-state index contributed by atoms with van der Waals surface area (Å²) in [6, 6.07) is 12.3. The zero-order valence-corrected chi connectivity index (χ0v) is 20.5. The number of aliphatic hydroxyl groups is 1. The molecule has 2 aromatic rings. The Balaban J connectivity index is 1.46. The fraction of sp³-hybridized carbons (Fsp3) is 0.500. The smallest absolute Gasteiger partial charge is 0.166 e. The van der Waals surface area contributed by atoms with Gasteiger partial charge in [-0.05, 0) is 62.0 Å². The molecule has 35 heavy (non-hydrogen) atoms. The van der Waals surface area contributed by atoms with E-state index in [1.54, 1.807) is 7.11 Å². The monoisotopic (exact) mass is 485 g/mol. The maximum atomic E-state index is 13.1. The van der Waals surface area contributed by atoms with Crippen LogP contribution in [0.1, 0.15) is 30.1 Å². The summed E-state index contributed by atoms with van der Waals surface area (Å²) in [5, 5.41) is 11.2. The van der Waals surface area contributed by atoms with Gasteiger partial charge >= 0.3 is 0 Å². The number of piperidine rings is 1. The van der Waals surface area contributed by atoms with Crippen molar-refractivity contribution in [3.63, 3.8) is 0 Å². The summed E-state index contributed by atoms with van der Waals surface area (Å²) in [6.07, 6.45) is 7.19. The number of nitrogens with zero attached hydrogens (tertiary/aromatic N) is 1. The highest BCUT2D eigenvalue weighted by Gasteiger charge is 2.29. The van der Waals surface area contributed by atoms with Gasteiger partial charge in [-0.3, -0.25) is 0 Å². The van der Waals surface area contributed by atoms with Crippen LogP contribution in [0.4, 0.5) is 4.39 Å². The standard InChI is InChI=1S/C28H36FNO5/c1-3-17-33-18-19-34-20-21-35-26-6-4-5-25(28(26)32-2)27(31)23-12-15-30(16-13-23)14-11-22-7-9-24(29)10-8-22/h1,4-10,23,27,31H,11-21H2,2H3/t27-/m1/s1. The Kier molecular flexibility index (Phi) is 11.3. The normalized spacial score (nSPS) is 15.5. The lowest BCUT2D eigenvalue weighted by molar-refractivity contribution is 0.0452. The van der Waals surface area contributed by atoms with Gasteiger partial charge in [0.25, 0.3) is 0 Å². The summed E-state index contributed by atoms with van der Waals surface area (Å²) < 4.78 is 35.2. The summed E-state index contributed by atoms with van der Waals surface area (Å²) in [6.45, 7) is 4.71. The highest BCUT2D eigenvalue weighted by atomic mass is 19.1. The molecule has 6 nitrogen and oxygen atoms in total. The van der Waals surface area contributed by atoms with Crippen LogP contribution in [-0.4, -0.2) is 69.8 Å². The summed E-state index contributed by atoms with van der Waals surface area (Å²) in [7, 11) is 1.59. The second-order valence-electron chi connectivity index (χ2n) is 8.60. The summed E-state index contributed by atoms with van der Waals surface area (Å²) >= 11 is 0. The number of aliphatic hydroxyl groups excluding tert-OH is 1. The molecule has 1 atom stereocenters. The average molecular weight is 486 g/mol. The molecule has 0 radical (unpaired) electrons. The zero-order chi connectivity index (χ0) is 24.9. The fourth-order valence-corrected chi connectivity index (χ4v) is 4.34. The molecule has 190 valence electrons. The largest absolute Gasteiger partial charge is 0.492 e. The van der Waals surface area contributed by atoms with Crippen molar-refractivity contribution in [2.75, 3.05) is 59.8 Å². The van der Waals surface area contributed by atoms with Crippen molar-refractivity contribution in [2.24, 2.45) is 5.92 Å².